The molecule has 1 rings (SSSR count). The molecule has 0 fully saturated rings. The summed E-state index contributed by atoms with van der Waals surface area (Å²) in [5, 5.41) is 9.31. The molecule has 11 heavy (non-hydrogen) atoms. The van der Waals surface area contributed by atoms with E-state index in [0.29, 0.717) is 5.03 Å². The van der Waals surface area contributed by atoms with E-state index in [4.69, 9.17) is 21.4 Å². The van der Waals surface area contributed by atoms with Gasteiger partial charge in [-0.15, -0.1) is 0 Å². The molecular weight excluding hydrogens is 164 g/mol. The number of aliphatic hydroxyl groups is 1. The summed E-state index contributed by atoms with van der Waals surface area (Å²) in [4.78, 5) is 0. The van der Waals surface area contributed by atoms with Gasteiger partial charge in [-0.25, -0.2) is 0 Å². The lowest BCUT2D eigenvalue weighted by Crippen LogP contribution is -2.00. The molecule has 1 aliphatic carbocycles. The predicted octanol–water partition coefficient (Wildman–Crippen LogP) is 2.71. The summed E-state index contributed by atoms with van der Waals surface area (Å²) in [5.74, 6) is 0.776. The van der Waals surface area contributed by atoms with E-state index < -0.39 is 0 Å². The fourth-order valence-corrected chi connectivity index (χ4v) is 1.47. The lowest BCUT2D eigenvalue weighted by atomic mass is 10.0. The van der Waals surface area contributed by atoms with Crippen LogP contribution < -0.4 is 0 Å². The number of aliphatic hydroxyl groups excluding tert-OH is 1. The number of ether oxygens (including phenoxy) is 1. The van der Waals surface area contributed by atoms with Crippen molar-refractivity contribution < 1.29 is 9.84 Å². The highest BCUT2D eigenvalue weighted by Crippen LogP contribution is 2.31. The Bertz CT molecular complexity index is 206. The molecule has 0 aromatic heterocycles. The van der Waals surface area contributed by atoms with Crippen molar-refractivity contribution in [1.29, 1.82) is 0 Å². The molecule has 0 unspecified atom stereocenters. The largest absolute Gasteiger partial charge is 0.515 e. The Morgan fingerprint density at radius 3 is 2.82 bits per heavy atom. The molecule has 2 nitrogen and oxygen atoms in total. The van der Waals surface area contributed by atoms with Crippen LogP contribution in [0.5, 0.6) is 0 Å². The fraction of sp³-hybridized carbons (Fsp3) is 0.500. The second-order valence-corrected chi connectivity index (χ2v) is 2.83. The summed E-state index contributed by atoms with van der Waals surface area (Å²) in [6, 6.07) is 0. The molecule has 0 heterocycles. The van der Waals surface area contributed by atoms with E-state index in [1.807, 2.05) is 0 Å². The van der Waals surface area contributed by atoms with Crippen LogP contribution in [0.25, 0.3) is 0 Å². The molecule has 0 spiro atoms. The molecule has 62 valence electrons. The van der Waals surface area contributed by atoms with Gasteiger partial charge in [0.15, 0.2) is 0 Å². The molecule has 3 heteroatoms. The highest BCUT2D eigenvalue weighted by Gasteiger charge is 2.15. The normalized spacial score (nSPS) is 22.5. The fourth-order valence-electron chi connectivity index (χ4n) is 1.15. The Morgan fingerprint density at radius 1 is 1.55 bits per heavy atom. The average Bonchev–Trinajstić information content (AvgIpc) is 2.05. The Balaban J connectivity index is 2.89. The van der Waals surface area contributed by atoms with E-state index in [-0.39, 0.29) is 0 Å². The minimum Gasteiger partial charge on any atom is -0.515 e. The first kappa shape index (κ1) is 8.47. The van der Waals surface area contributed by atoms with Crippen LogP contribution in [0.4, 0.5) is 0 Å². The maximum absolute atomic E-state index is 8.74. The van der Waals surface area contributed by atoms with Gasteiger partial charge in [0.2, 0.25) is 0 Å². The maximum Gasteiger partial charge on any atom is 0.114 e. The number of methoxy groups -OCH3 is 1. The lowest BCUT2D eigenvalue weighted by molar-refractivity contribution is 0.269. The summed E-state index contributed by atoms with van der Waals surface area (Å²) < 4.78 is 5.03. The number of hydrogen-bond acceptors (Lipinski definition) is 2. The van der Waals surface area contributed by atoms with E-state index in [0.717, 1.165) is 36.9 Å². The molecular formula is C8H11ClO2. The van der Waals surface area contributed by atoms with Crippen molar-refractivity contribution in [2.24, 2.45) is 0 Å². The van der Waals surface area contributed by atoms with Crippen molar-refractivity contribution in [1.82, 2.24) is 0 Å². The third-order valence-corrected chi connectivity index (χ3v) is 2.23. The van der Waals surface area contributed by atoms with Crippen LogP contribution in [0.2, 0.25) is 0 Å². The third-order valence-electron chi connectivity index (χ3n) is 1.78. The molecule has 1 N–H and O–H groups in total. The number of allylic oxidation sites excluding steroid dienone is 3. The highest BCUT2D eigenvalue weighted by atomic mass is 35.5. The van der Waals surface area contributed by atoms with Crippen molar-refractivity contribution in [2.45, 2.75) is 19.3 Å². The second kappa shape index (κ2) is 3.67. The minimum absolute atomic E-state index is 0.571. The van der Waals surface area contributed by atoms with Crippen LogP contribution in [0, 0.1) is 0 Å². The highest BCUT2D eigenvalue weighted by molar-refractivity contribution is 6.32. The van der Waals surface area contributed by atoms with Crippen LogP contribution >= 0.6 is 11.6 Å². The quantitative estimate of drug-likeness (QED) is 0.620. The first-order valence-corrected chi connectivity index (χ1v) is 3.93. The van der Waals surface area contributed by atoms with Crippen molar-refractivity contribution in [3.63, 3.8) is 0 Å². The number of rotatable bonds is 1. The molecule has 0 radical (unpaired) electrons. The molecule has 0 atom stereocenters. The molecule has 0 amide bonds. The molecule has 0 aromatic rings. The van der Waals surface area contributed by atoms with Crippen molar-refractivity contribution in [3.05, 3.63) is 22.6 Å². The lowest BCUT2D eigenvalue weighted by Gasteiger charge is -2.16. The van der Waals surface area contributed by atoms with Crippen LogP contribution in [0.1, 0.15) is 19.3 Å². The first-order valence-electron chi connectivity index (χ1n) is 3.56. The molecule has 0 bridgehead atoms. The van der Waals surface area contributed by atoms with Crippen molar-refractivity contribution >= 4 is 11.6 Å². The molecule has 0 aromatic carbocycles. The second-order valence-electron chi connectivity index (χ2n) is 2.45. The van der Waals surface area contributed by atoms with Gasteiger partial charge in [-0.05, 0) is 12.8 Å². The van der Waals surface area contributed by atoms with E-state index in [9.17, 15) is 0 Å². The van der Waals surface area contributed by atoms with Crippen LogP contribution in [0.3, 0.4) is 0 Å². The van der Waals surface area contributed by atoms with E-state index in [2.05, 4.69) is 0 Å². The molecule has 1 aliphatic rings. The van der Waals surface area contributed by atoms with Gasteiger partial charge in [-0.1, -0.05) is 11.6 Å². The van der Waals surface area contributed by atoms with Gasteiger partial charge in [0.05, 0.1) is 18.4 Å². The minimum atomic E-state index is 0.571. The van der Waals surface area contributed by atoms with Gasteiger partial charge in [0.1, 0.15) is 5.76 Å². The zero-order chi connectivity index (χ0) is 8.27. The monoisotopic (exact) mass is 174 g/mol. The zero-order valence-electron chi connectivity index (χ0n) is 6.43. The Morgan fingerprint density at radius 2 is 2.27 bits per heavy atom. The Labute approximate surface area is 71.1 Å². The summed E-state index contributed by atoms with van der Waals surface area (Å²) in [6.45, 7) is 0. The topological polar surface area (TPSA) is 29.5 Å². The third kappa shape index (κ3) is 1.69. The zero-order valence-corrected chi connectivity index (χ0v) is 7.19. The Kier molecular flexibility index (Phi) is 2.83. The van der Waals surface area contributed by atoms with Gasteiger partial charge in [-0.2, -0.15) is 0 Å². The van der Waals surface area contributed by atoms with Crippen LogP contribution in [0.15, 0.2) is 22.6 Å². The van der Waals surface area contributed by atoms with Gasteiger partial charge in [0.25, 0.3) is 0 Å². The summed E-state index contributed by atoms with van der Waals surface area (Å²) in [6.07, 6.45) is 3.75. The van der Waals surface area contributed by atoms with Crippen molar-refractivity contribution in [2.75, 3.05) is 7.11 Å². The first-order chi connectivity index (χ1) is 5.29. The van der Waals surface area contributed by atoms with Crippen molar-refractivity contribution in [3.8, 4) is 0 Å². The summed E-state index contributed by atoms with van der Waals surface area (Å²) in [7, 11) is 1.60. The maximum atomic E-state index is 8.74. The van der Waals surface area contributed by atoms with Crippen LogP contribution in [-0.4, -0.2) is 12.2 Å². The molecule has 0 saturated carbocycles. The predicted molar refractivity (Wildman–Crippen MR) is 44.5 cm³/mol. The molecule has 0 saturated heterocycles. The van der Waals surface area contributed by atoms with Gasteiger partial charge in [-0.3, -0.25) is 0 Å². The van der Waals surface area contributed by atoms with E-state index >= 15 is 0 Å². The SMILES string of the molecule is COC1=C(Cl)C(=CO)CCC1. The molecule has 0 aliphatic heterocycles. The number of halogens is 1. The number of hydrogen-bond donors (Lipinski definition) is 1. The standard InChI is InChI=1S/C8H11ClO2/c1-11-7-4-2-3-6(5-10)8(7)9/h5,10H,2-4H2,1H3. The van der Waals surface area contributed by atoms with Gasteiger partial charge >= 0.3 is 0 Å². The Hall–Kier alpha value is -0.630. The average molecular weight is 175 g/mol. The van der Waals surface area contributed by atoms with Gasteiger partial charge in [0, 0.05) is 12.0 Å². The smallest absolute Gasteiger partial charge is 0.114 e. The summed E-state index contributed by atoms with van der Waals surface area (Å²) >= 11 is 5.88. The van der Waals surface area contributed by atoms with E-state index in [1.165, 1.54) is 0 Å². The van der Waals surface area contributed by atoms with E-state index in [1.54, 1.807) is 7.11 Å². The summed E-state index contributed by atoms with van der Waals surface area (Å²) in [5.41, 5.74) is 0.773. The van der Waals surface area contributed by atoms with Crippen LogP contribution in [-0.2, 0) is 4.74 Å². The van der Waals surface area contributed by atoms with Gasteiger partial charge < -0.3 is 9.84 Å².